The van der Waals surface area contributed by atoms with Gasteiger partial charge in [0.25, 0.3) is 0 Å². The topological polar surface area (TPSA) is 67.4 Å². The van der Waals surface area contributed by atoms with Gasteiger partial charge in [-0.2, -0.15) is 0 Å². The molecule has 0 saturated heterocycles. The van der Waals surface area contributed by atoms with Crippen molar-refractivity contribution < 1.29 is 14.3 Å². The molecule has 0 saturated carbocycles. The maximum atomic E-state index is 12.4. The van der Waals surface area contributed by atoms with Crippen molar-refractivity contribution in [3.63, 3.8) is 0 Å². The fourth-order valence-electron chi connectivity index (χ4n) is 2.01. The van der Waals surface area contributed by atoms with Crippen LogP contribution in [0.1, 0.15) is 47.1 Å². The minimum absolute atomic E-state index is 0.0579. The standard InChI is InChI=1S/C18H28N2O3/c1-7-13-8-10-14(11-9-13)19-16(21)15(12(2)3)20-17(22)23-18(4,5)6/h8-12,15H,7H2,1-6H3,(H,19,21)(H,20,22). The van der Waals surface area contributed by atoms with E-state index in [-0.39, 0.29) is 11.8 Å². The fourth-order valence-corrected chi connectivity index (χ4v) is 2.01. The lowest BCUT2D eigenvalue weighted by Gasteiger charge is -2.25. The van der Waals surface area contributed by atoms with Crippen molar-refractivity contribution in [1.82, 2.24) is 5.32 Å². The summed E-state index contributed by atoms with van der Waals surface area (Å²) in [5.74, 6) is -0.312. The minimum Gasteiger partial charge on any atom is -0.444 e. The first kappa shape index (κ1) is 19.0. The van der Waals surface area contributed by atoms with Crippen LogP contribution in [-0.4, -0.2) is 23.6 Å². The number of anilines is 1. The summed E-state index contributed by atoms with van der Waals surface area (Å²) in [6, 6.07) is 7.02. The van der Waals surface area contributed by atoms with Gasteiger partial charge < -0.3 is 15.4 Å². The molecule has 1 atom stereocenters. The lowest BCUT2D eigenvalue weighted by Crippen LogP contribution is -2.48. The molecule has 1 unspecified atom stereocenters. The van der Waals surface area contributed by atoms with Crippen LogP contribution in [0.4, 0.5) is 10.5 Å². The maximum Gasteiger partial charge on any atom is 0.408 e. The molecule has 5 nitrogen and oxygen atoms in total. The van der Waals surface area contributed by atoms with E-state index >= 15 is 0 Å². The Labute approximate surface area is 138 Å². The third-order valence-electron chi connectivity index (χ3n) is 3.25. The number of hydrogen-bond acceptors (Lipinski definition) is 3. The van der Waals surface area contributed by atoms with Gasteiger partial charge in [0, 0.05) is 5.69 Å². The molecule has 2 amide bonds. The Morgan fingerprint density at radius 2 is 1.70 bits per heavy atom. The molecular formula is C18H28N2O3. The smallest absolute Gasteiger partial charge is 0.408 e. The van der Waals surface area contributed by atoms with E-state index in [0.29, 0.717) is 5.69 Å². The fraction of sp³-hybridized carbons (Fsp3) is 0.556. The number of carbonyl (C=O) groups excluding carboxylic acids is 2. The maximum absolute atomic E-state index is 12.4. The van der Waals surface area contributed by atoms with E-state index in [1.807, 2.05) is 38.1 Å². The van der Waals surface area contributed by atoms with Gasteiger partial charge in [0.05, 0.1) is 0 Å². The predicted molar refractivity (Wildman–Crippen MR) is 92.4 cm³/mol. The van der Waals surface area contributed by atoms with E-state index in [0.717, 1.165) is 6.42 Å². The summed E-state index contributed by atoms with van der Waals surface area (Å²) in [4.78, 5) is 24.3. The summed E-state index contributed by atoms with van der Waals surface area (Å²) >= 11 is 0. The molecule has 1 aromatic rings. The van der Waals surface area contributed by atoms with Crippen molar-refractivity contribution in [3.05, 3.63) is 29.8 Å². The molecule has 0 bridgehead atoms. The van der Waals surface area contributed by atoms with E-state index < -0.39 is 17.7 Å². The first-order chi connectivity index (χ1) is 10.6. The molecule has 1 rings (SSSR count). The quantitative estimate of drug-likeness (QED) is 0.868. The number of benzene rings is 1. The highest BCUT2D eigenvalue weighted by molar-refractivity contribution is 5.96. The normalized spacial score (nSPS) is 12.7. The highest BCUT2D eigenvalue weighted by Gasteiger charge is 2.26. The van der Waals surface area contributed by atoms with Gasteiger partial charge in [0.2, 0.25) is 5.91 Å². The van der Waals surface area contributed by atoms with Crippen LogP contribution in [0.3, 0.4) is 0 Å². The van der Waals surface area contributed by atoms with Crippen molar-refractivity contribution in [1.29, 1.82) is 0 Å². The van der Waals surface area contributed by atoms with Crippen molar-refractivity contribution >= 4 is 17.7 Å². The zero-order chi connectivity index (χ0) is 17.6. The van der Waals surface area contributed by atoms with Gasteiger partial charge in [-0.3, -0.25) is 4.79 Å². The number of hydrogen-bond donors (Lipinski definition) is 2. The lowest BCUT2D eigenvalue weighted by molar-refractivity contribution is -0.119. The average Bonchev–Trinajstić information content (AvgIpc) is 2.43. The monoisotopic (exact) mass is 320 g/mol. The highest BCUT2D eigenvalue weighted by atomic mass is 16.6. The van der Waals surface area contributed by atoms with E-state index in [1.54, 1.807) is 20.8 Å². The number of aryl methyl sites for hydroxylation is 1. The SMILES string of the molecule is CCc1ccc(NC(=O)C(NC(=O)OC(C)(C)C)C(C)C)cc1. The number of carbonyl (C=O) groups is 2. The van der Waals surface area contributed by atoms with Crippen molar-refractivity contribution in [2.24, 2.45) is 5.92 Å². The second-order valence-corrected chi connectivity index (χ2v) is 6.91. The summed E-state index contributed by atoms with van der Waals surface area (Å²) in [7, 11) is 0. The Balaban J connectivity index is 2.72. The van der Waals surface area contributed by atoms with Crippen molar-refractivity contribution in [3.8, 4) is 0 Å². The molecule has 2 N–H and O–H groups in total. The number of alkyl carbamates (subject to hydrolysis) is 1. The number of nitrogens with one attached hydrogen (secondary N) is 2. The average molecular weight is 320 g/mol. The molecule has 0 aliphatic carbocycles. The molecule has 0 heterocycles. The molecule has 5 heteroatoms. The van der Waals surface area contributed by atoms with Crippen LogP contribution < -0.4 is 10.6 Å². The lowest BCUT2D eigenvalue weighted by atomic mass is 10.0. The van der Waals surface area contributed by atoms with Crippen LogP contribution in [0, 0.1) is 5.92 Å². The Morgan fingerprint density at radius 3 is 2.13 bits per heavy atom. The van der Waals surface area contributed by atoms with Crippen LogP contribution in [-0.2, 0) is 16.0 Å². The van der Waals surface area contributed by atoms with Gasteiger partial charge in [0.1, 0.15) is 11.6 Å². The molecule has 0 aliphatic rings. The molecule has 128 valence electrons. The zero-order valence-corrected chi connectivity index (χ0v) is 14.9. The van der Waals surface area contributed by atoms with Crippen LogP contribution in [0.5, 0.6) is 0 Å². The largest absolute Gasteiger partial charge is 0.444 e. The van der Waals surface area contributed by atoms with E-state index in [4.69, 9.17) is 4.74 Å². The Hall–Kier alpha value is -2.04. The second kappa shape index (κ2) is 7.99. The molecule has 0 radical (unpaired) electrons. The first-order valence-electron chi connectivity index (χ1n) is 8.01. The van der Waals surface area contributed by atoms with E-state index in [2.05, 4.69) is 17.6 Å². The minimum atomic E-state index is -0.657. The van der Waals surface area contributed by atoms with Gasteiger partial charge in [-0.25, -0.2) is 4.79 Å². The summed E-state index contributed by atoms with van der Waals surface area (Å²) < 4.78 is 5.22. The number of ether oxygens (including phenoxy) is 1. The van der Waals surface area contributed by atoms with Gasteiger partial charge in [0.15, 0.2) is 0 Å². The van der Waals surface area contributed by atoms with Crippen LogP contribution in [0.25, 0.3) is 0 Å². The van der Waals surface area contributed by atoms with Crippen LogP contribution in [0.15, 0.2) is 24.3 Å². The third-order valence-corrected chi connectivity index (χ3v) is 3.25. The second-order valence-electron chi connectivity index (χ2n) is 6.91. The molecule has 0 fully saturated rings. The third kappa shape index (κ3) is 6.72. The van der Waals surface area contributed by atoms with Gasteiger partial charge in [-0.1, -0.05) is 32.9 Å². The predicted octanol–water partition coefficient (Wildman–Crippen LogP) is 3.74. The Kier molecular flexibility index (Phi) is 6.61. The molecule has 0 spiro atoms. The van der Waals surface area contributed by atoms with Gasteiger partial charge in [-0.15, -0.1) is 0 Å². The molecule has 0 aromatic heterocycles. The van der Waals surface area contributed by atoms with Gasteiger partial charge >= 0.3 is 6.09 Å². The molecule has 23 heavy (non-hydrogen) atoms. The Bertz CT molecular complexity index is 530. The summed E-state index contributed by atoms with van der Waals surface area (Å²) in [6.45, 7) is 11.2. The first-order valence-corrected chi connectivity index (χ1v) is 8.01. The molecular weight excluding hydrogens is 292 g/mol. The van der Waals surface area contributed by atoms with Crippen molar-refractivity contribution in [2.75, 3.05) is 5.32 Å². The summed E-state index contributed by atoms with van der Waals surface area (Å²) in [5.41, 5.74) is 1.32. The zero-order valence-electron chi connectivity index (χ0n) is 14.9. The summed E-state index contributed by atoms with van der Waals surface area (Å²) in [6.07, 6.45) is 0.357. The van der Waals surface area contributed by atoms with Crippen molar-refractivity contribution in [2.45, 2.75) is 59.6 Å². The molecule has 0 aliphatic heterocycles. The number of amides is 2. The Morgan fingerprint density at radius 1 is 1.13 bits per heavy atom. The van der Waals surface area contributed by atoms with Gasteiger partial charge in [-0.05, 0) is 50.8 Å². The summed E-state index contributed by atoms with van der Waals surface area (Å²) in [5, 5.41) is 5.48. The molecule has 1 aromatic carbocycles. The number of rotatable bonds is 5. The van der Waals surface area contributed by atoms with E-state index in [9.17, 15) is 9.59 Å². The van der Waals surface area contributed by atoms with E-state index in [1.165, 1.54) is 5.56 Å². The highest BCUT2D eigenvalue weighted by Crippen LogP contribution is 2.13. The van der Waals surface area contributed by atoms with Crippen LogP contribution >= 0.6 is 0 Å². The van der Waals surface area contributed by atoms with Crippen LogP contribution in [0.2, 0.25) is 0 Å².